The zero-order valence-electron chi connectivity index (χ0n) is 8.39. The number of rotatable bonds is 2. The van der Waals surface area contributed by atoms with Crippen LogP contribution in [0.5, 0.6) is 5.88 Å². The molecule has 2 aromatic heterocycles. The summed E-state index contributed by atoms with van der Waals surface area (Å²) in [6.07, 6.45) is 1.56. The quantitative estimate of drug-likeness (QED) is 0.757. The molecule has 6 heteroatoms. The highest BCUT2D eigenvalue weighted by Gasteiger charge is 2.09. The van der Waals surface area contributed by atoms with E-state index in [4.69, 9.17) is 10.5 Å². The Morgan fingerprint density at radius 2 is 2.27 bits per heavy atom. The third kappa shape index (κ3) is 1.50. The van der Waals surface area contributed by atoms with Gasteiger partial charge in [0.25, 0.3) is 5.91 Å². The van der Waals surface area contributed by atoms with Crippen LogP contribution in [0.4, 0.5) is 0 Å². The zero-order valence-corrected chi connectivity index (χ0v) is 8.39. The Labute approximate surface area is 85.7 Å². The van der Waals surface area contributed by atoms with Gasteiger partial charge in [-0.25, -0.2) is 9.97 Å². The second-order valence-corrected chi connectivity index (χ2v) is 3.06. The van der Waals surface area contributed by atoms with Crippen molar-refractivity contribution in [3.8, 4) is 5.88 Å². The summed E-state index contributed by atoms with van der Waals surface area (Å²) in [5, 5.41) is 0. The highest BCUT2D eigenvalue weighted by molar-refractivity contribution is 5.91. The maximum absolute atomic E-state index is 10.9. The standard InChI is InChI=1S/C9H10N4O2/c1-5-11-8(15-2)3-7-12-6(9(10)14)4-13(5)7/h3-4H,1-2H3,(H2,10,14). The first kappa shape index (κ1) is 9.45. The van der Waals surface area contributed by atoms with E-state index in [-0.39, 0.29) is 5.69 Å². The van der Waals surface area contributed by atoms with Crippen LogP contribution >= 0.6 is 0 Å². The number of carbonyl (C=O) groups excluding carboxylic acids is 1. The summed E-state index contributed by atoms with van der Waals surface area (Å²) in [7, 11) is 1.52. The molecule has 2 N–H and O–H groups in total. The number of aryl methyl sites for hydroxylation is 1. The molecule has 0 atom stereocenters. The van der Waals surface area contributed by atoms with E-state index >= 15 is 0 Å². The van der Waals surface area contributed by atoms with Crippen molar-refractivity contribution in [2.24, 2.45) is 5.73 Å². The fourth-order valence-electron chi connectivity index (χ4n) is 1.33. The van der Waals surface area contributed by atoms with E-state index in [2.05, 4.69) is 9.97 Å². The number of nitrogens with zero attached hydrogens (tertiary/aromatic N) is 3. The van der Waals surface area contributed by atoms with Crippen LogP contribution in [0.2, 0.25) is 0 Å². The molecule has 0 radical (unpaired) electrons. The minimum absolute atomic E-state index is 0.216. The van der Waals surface area contributed by atoms with Gasteiger partial charge < -0.3 is 10.5 Å². The molecule has 0 bridgehead atoms. The summed E-state index contributed by atoms with van der Waals surface area (Å²) < 4.78 is 6.68. The molecule has 0 aliphatic carbocycles. The van der Waals surface area contributed by atoms with Crippen molar-refractivity contribution in [1.82, 2.24) is 14.4 Å². The zero-order chi connectivity index (χ0) is 11.0. The lowest BCUT2D eigenvalue weighted by Crippen LogP contribution is -2.10. The summed E-state index contributed by atoms with van der Waals surface area (Å²) in [5.74, 6) is 0.586. The number of methoxy groups -OCH3 is 1. The van der Waals surface area contributed by atoms with Gasteiger partial charge in [0.2, 0.25) is 5.88 Å². The smallest absolute Gasteiger partial charge is 0.268 e. The molecular weight excluding hydrogens is 196 g/mol. The van der Waals surface area contributed by atoms with Crippen LogP contribution in [0, 0.1) is 6.92 Å². The largest absolute Gasteiger partial charge is 0.481 e. The van der Waals surface area contributed by atoms with Gasteiger partial charge in [-0.2, -0.15) is 0 Å². The monoisotopic (exact) mass is 206 g/mol. The molecule has 2 rings (SSSR count). The molecule has 15 heavy (non-hydrogen) atoms. The fraction of sp³-hybridized carbons (Fsp3) is 0.222. The van der Waals surface area contributed by atoms with Gasteiger partial charge >= 0.3 is 0 Å². The maximum Gasteiger partial charge on any atom is 0.268 e. The number of aromatic nitrogens is 3. The van der Waals surface area contributed by atoms with Crippen LogP contribution in [0.3, 0.4) is 0 Å². The summed E-state index contributed by atoms with van der Waals surface area (Å²) in [6.45, 7) is 1.79. The Hall–Kier alpha value is -2.11. The van der Waals surface area contributed by atoms with Crippen molar-refractivity contribution < 1.29 is 9.53 Å². The molecule has 0 fully saturated rings. The Balaban J connectivity index is 2.69. The maximum atomic E-state index is 10.9. The number of imidazole rings is 1. The van der Waals surface area contributed by atoms with E-state index in [0.717, 1.165) is 0 Å². The predicted molar refractivity (Wildman–Crippen MR) is 52.8 cm³/mol. The van der Waals surface area contributed by atoms with Crippen LogP contribution in [-0.2, 0) is 0 Å². The number of ether oxygens (including phenoxy) is 1. The van der Waals surface area contributed by atoms with Gasteiger partial charge in [-0.3, -0.25) is 9.20 Å². The number of hydrogen-bond acceptors (Lipinski definition) is 4. The molecule has 0 aliphatic heterocycles. The number of nitrogens with two attached hydrogens (primary N) is 1. The minimum Gasteiger partial charge on any atom is -0.481 e. The molecule has 0 saturated heterocycles. The average Bonchev–Trinajstić information content (AvgIpc) is 2.61. The summed E-state index contributed by atoms with van der Waals surface area (Å²) >= 11 is 0. The molecule has 0 saturated carbocycles. The summed E-state index contributed by atoms with van der Waals surface area (Å²) in [5.41, 5.74) is 5.94. The number of amides is 1. The van der Waals surface area contributed by atoms with Crippen molar-refractivity contribution in [1.29, 1.82) is 0 Å². The van der Waals surface area contributed by atoms with E-state index in [1.165, 1.54) is 7.11 Å². The van der Waals surface area contributed by atoms with Crippen molar-refractivity contribution in [3.05, 3.63) is 23.8 Å². The second kappa shape index (κ2) is 3.23. The Morgan fingerprint density at radius 3 is 2.87 bits per heavy atom. The predicted octanol–water partition coefficient (Wildman–Crippen LogP) is 0.145. The molecule has 0 aliphatic rings. The number of hydrogen-bond donors (Lipinski definition) is 1. The summed E-state index contributed by atoms with van der Waals surface area (Å²) in [6, 6.07) is 1.64. The third-order valence-electron chi connectivity index (χ3n) is 2.07. The molecule has 0 aromatic carbocycles. The van der Waals surface area contributed by atoms with E-state index in [9.17, 15) is 4.79 Å². The van der Waals surface area contributed by atoms with Gasteiger partial charge in [-0.1, -0.05) is 0 Å². The molecule has 78 valence electrons. The molecule has 6 nitrogen and oxygen atoms in total. The molecule has 2 aromatic rings. The highest BCUT2D eigenvalue weighted by atomic mass is 16.5. The van der Waals surface area contributed by atoms with Crippen molar-refractivity contribution in [2.75, 3.05) is 7.11 Å². The van der Waals surface area contributed by atoms with Crippen LogP contribution < -0.4 is 10.5 Å². The van der Waals surface area contributed by atoms with Gasteiger partial charge in [0, 0.05) is 12.3 Å². The number of carbonyl (C=O) groups is 1. The van der Waals surface area contributed by atoms with Gasteiger partial charge in [0.15, 0.2) is 0 Å². The number of fused-ring (bicyclic) bond motifs is 1. The SMILES string of the molecule is COc1cc2nc(C(N)=O)cn2c(C)n1. The lowest BCUT2D eigenvalue weighted by atomic mass is 10.5. The second-order valence-electron chi connectivity index (χ2n) is 3.06. The van der Waals surface area contributed by atoms with Gasteiger partial charge in [0.1, 0.15) is 17.2 Å². The van der Waals surface area contributed by atoms with E-state index < -0.39 is 5.91 Å². The van der Waals surface area contributed by atoms with Gasteiger partial charge in [-0.15, -0.1) is 0 Å². The van der Waals surface area contributed by atoms with Crippen molar-refractivity contribution in [3.63, 3.8) is 0 Å². The van der Waals surface area contributed by atoms with Crippen LogP contribution in [0.25, 0.3) is 5.65 Å². The minimum atomic E-state index is -0.558. The Bertz CT molecular complexity index is 532. The first-order valence-electron chi connectivity index (χ1n) is 4.32. The van der Waals surface area contributed by atoms with Crippen LogP contribution in [0.1, 0.15) is 16.3 Å². The molecule has 0 spiro atoms. The van der Waals surface area contributed by atoms with E-state index in [1.54, 1.807) is 23.6 Å². The first-order valence-corrected chi connectivity index (χ1v) is 4.32. The van der Waals surface area contributed by atoms with Crippen LogP contribution in [0.15, 0.2) is 12.3 Å². The molecule has 1 amide bonds. The highest BCUT2D eigenvalue weighted by Crippen LogP contribution is 2.13. The first-order chi connectivity index (χ1) is 7.11. The topological polar surface area (TPSA) is 82.5 Å². The third-order valence-corrected chi connectivity index (χ3v) is 2.07. The summed E-state index contributed by atoms with van der Waals surface area (Å²) in [4.78, 5) is 19.1. The van der Waals surface area contributed by atoms with E-state index in [0.29, 0.717) is 17.4 Å². The molecule has 2 heterocycles. The number of primary amides is 1. The average molecular weight is 206 g/mol. The fourth-order valence-corrected chi connectivity index (χ4v) is 1.33. The van der Waals surface area contributed by atoms with E-state index in [1.807, 2.05) is 0 Å². The normalized spacial score (nSPS) is 10.5. The molecular formula is C9H10N4O2. The Kier molecular flexibility index (Phi) is 2.03. The van der Waals surface area contributed by atoms with Crippen molar-refractivity contribution >= 4 is 11.6 Å². The lowest BCUT2D eigenvalue weighted by molar-refractivity contribution is 0.0996. The molecule has 0 unspecified atom stereocenters. The van der Waals surface area contributed by atoms with Gasteiger partial charge in [0.05, 0.1) is 7.11 Å². The van der Waals surface area contributed by atoms with Crippen molar-refractivity contribution in [2.45, 2.75) is 6.92 Å². The van der Waals surface area contributed by atoms with Crippen LogP contribution in [-0.4, -0.2) is 27.4 Å². The lowest BCUT2D eigenvalue weighted by Gasteiger charge is -2.01. The Morgan fingerprint density at radius 1 is 1.53 bits per heavy atom. The van der Waals surface area contributed by atoms with Gasteiger partial charge in [-0.05, 0) is 6.92 Å².